The first-order chi connectivity index (χ1) is 6.61. The van der Waals surface area contributed by atoms with E-state index in [1.54, 1.807) is 6.92 Å². The van der Waals surface area contributed by atoms with Gasteiger partial charge in [0.25, 0.3) is 0 Å². The molecule has 1 aliphatic rings. The molecular formula is C10H18O4. The lowest BCUT2D eigenvalue weighted by Gasteiger charge is -2.28. The highest BCUT2D eigenvalue weighted by Crippen LogP contribution is 2.28. The van der Waals surface area contributed by atoms with Crippen LogP contribution in [0.2, 0.25) is 0 Å². The molecule has 0 aliphatic heterocycles. The highest BCUT2D eigenvalue weighted by atomic mass is 16.6. The van der Waals surface area contributed by atoms with E-state index in [2.05, 4.69) is 0 Å². The summed E-state index contributed by atoms with van der Waals surface area (Å²) in [6.07, 6.45) is 2.33. The Morgan fingerprint density at radius 3 is 2.86 bits per heavy atom. The summed E-state index contributed by atoms with van der Waals surface area (Å²) in [5, 5.41) is 19.6. The van der Waals surface area contributed by atoms with Crippen molar-refractivity contribution in [2.24, 2.45) is 0 Å². The van der Waals surface area contributed by atoms with Gasteiger partial charge in [-0.3, -0.25) is 0 Å². The summed E-state index contributed by atoms with van der Waals surface area (Å²) in [6.45, 7) is 1.91. The van der Waals surface area contributed by atoms with Gasteiger partial charge in [0, 0.05) is 0 Å². The van der Waals surface area contributed by atoms with Crippen molar-refractivity contribution in [2.45, 2.75) is 50.7 Å². The van der Waals surface area contributed by atoms with Gasteiger partial charge in [0.05, 0.1) is 12.7 Å². The van der Waals surface area contributed by atoms with Crippen LogP contribution >= 0.6 is 0 Å². The first-order valence-corrected chi connectivity index (χ1v) is 5.19. The average Bonchev–Trinajstić information content (AvgIpc) is 2.31. The summed E-state index contributed by atoms with van der Waals surface area (Å²) >= 11 is 0. The van der Waals surface area contributed by atoms with Crippen molar-refractivity contribution in [3.05, 3.63) is 0 Å². The van der Waals surface area contributed by atoms with Crippen molar-refractivity contribution >= 4 is 5.97 Å². The number of hydrogen-bond donors (Lipinski definition) is 2. The van der Waals surface area contributed by atoms with Crippen LogP contribution in [0.4, 0.5) is 0 Å². The predicted molar refractivity (Wildman–Crippen MR) is 50.7 cm³/mol. The maximum absolute atomic E-state index is 11.5. The Morgan fingerprint density at radius 1 is 1.50 bits per heavy atom. The molecule has 2 N–H and O–H groups in total. The third kappa shape index (κ3) is 2.25. The molecule has 14 heavy (non-hydrogen) atoms. The molecule has 0 aromatic heterocycles. The van der Waals surface area contributed by atoms with Crippen LogP contribution in [-0.2, 0) is 9.53 Å². The zero-order valence-electron chi connectivity index (χ0n) is 8.53. The van der Waals surface area contributed by atoms with Gasteiger partial charge in [-0.05, 0) is 26.2 Å². The monoisotopic (exact) mass is 202 g/mol. The molecule has 0 aromatic rings. The van der Waals surface area contributed by atoms with Gasteiger partial charge in [-0.25, -0.2) is 4.79 Å². The van der Waals surface area contributed by atoms with Crippen LogP contribution in [0.5, 0.6) is 0 Å². The van der Waals surface area contributed by atoms with Crippen molar-refractivity contribution in [2.75, 3.05) is 6.61 Å². The summed E-state index contributed by atoms with van der Waals surface area (Å²) in [5.74, 6) is -0.686. The average molecular weight is 202 g/mol. The summed E-state index contributed by atoms with van der Waals surface area (Å²) in [5.41, 5.74) is -1.67. The molecule has 82 valence electrons. The van der Waals surface area contributed by atoms with Gasteiger partial charge in [0.15, 0.2) is 5.60 Å². The number of hydrogen-bond acceptors (Lipinski definition) is 4. The van der Waals surface area contributed by atoms with E-state index in [1.165, 1.54) is 0 Å². The number of carbonyl (C=O) groups excluding carboxylic acids is 1. The lowest BCUT2D eigenvalue weighted by Crippen LogP contribution is -2.49. The van der Waals surface area contributed by atoms with Crippen LogP contribution in [0, 0.1) is 0 Å². The molecule has 0 saturated heterocycles. The third-order valence-electron chi connectivity index (χ3n) is 2.72. The van der Waals surface area contributed by atoms with E-state index in [9.17, 15) is 15.0 Å². The topological polar surface area (TPSA) is 66.8 Å². The van der Waals surface area contributed by atoms with E-state index < -0.39 is 17.7 Å². The van der Waals surface area contributed by atoms with E-state index in [0.29, 0.717) is 12.8 Å². The first-order valence-electron chi connectivity index (χ1n) is 5.19. The first kappa shape index (κ1) is 11.5. The molecule has 0 spiro atoms. The molecule has 0 aromatic carbocycles. The largest absolute Gasteiger partial charge is 0.464 e. The lowest BCUT2D eigenvalue weighted by molar-refractivity contribution is -0.178. The normalized spacial score (nSPS) is 33.5. The fourth-order valence-electron chi connectivity index (χ4n) is 1.81. The second-order valence-electron chi connectivity index (χ2n) is 3.76. The molecule has 2 atom stereocenters. The Morgan fingerprint density at radius 2 is 2.21 bits per heavy atom. The second-order valence-corrected chi connectivity index (χ2v) is 3.76. The van der Waals surface area contributed by atoms with Crippen LogP contribution in [0.1, 0.15) is 39.0 Å². The van der Waals surface area contributed by atoms with Gasteiger partial charge in [-0.1, -0.05) is 12.8 Å². The van der Waals surface area contributed by atoms with Crippen LogP contribution in [0.15, 0.2) is 0 Å². The van der Waals surface area contributed by atoms with Crippen molar-refractivity contribution in [3.63, 3.8) is 0 Å². The van der Waals surface area contributed by atoms with Crippen LogP contribution in [0.3, 0.4) is 0 Å². The number of aliphatic hydroxyl groups excluding tert-OH is 1. The molecule has 0 unspecified atom stereocenters. The molecule has 1 saturated carbocycles. The quantitative estimate of drug-likeness (QED) is 0.508. The smallest absolute Gasteiger partial charge is 0.340 e. The highest BCUT2D eigenvalue weighted by Gasteiger charge is 2.44. The highest BCUT2D eigenvalue weighted by molar-refractivity contribution is 5.80. The minimum Gasteiger partial charge on any atom is -0.464 e. The molecular weight excluding hydrogens is 184 g/mol. The van der Waals surface area contributed by atoms with Crippen LogP contribution in [-0.4, -0.2) is 34.5 Å². The van der Waals surface area contributed by atoms with Crippen LogP contribution < -0.4 is 0 Å². The Bertz CT molecular complexity index is 204. The number of rotatable bonds is 2. The summed E-state index contributed by atoms with van der Waals surface area (Å²) in [4.78, 5) is 11.5. The molecule has 0 radical (unpaired) electrons. The number of ether oxygens (including phenoxy) is 1. The number of carbonyl (C=O) groups is 1. The number of aliphatic hydroxyl groups is 2. The van der Waals surface area contributed by atoms with Crippen molar-refractivity contribution in [1.82, 2.24) is 0 Å². The van der Waals surface area contributed by atoms with Crippen molar-refractivity contribution in [1.29, 1.82) is 0 Å². The van der Waals surface area contributed by atoms with Crippen molar-refractivity contribution < 1.29 is 19.7 Å². The minimum absolute atomic E-state index is 0.230. The maximum atomic E-state index is 11.5. The van der Waals surface area contributed by atoms with E-state index in [1.807, 2.05) is 0 Å². The van der Waals surface area contributed by atoms with Crippen LogP contribution in [0.25, 0.3) is 0 Å². The lowest BCUT2D eigenvalue weighted by atomic mass is 9.92. The summed E-state index contributed by atoms with van der Waals surface area (Å²) < 4.78 is 4.76. The molecule has 0 heterocycles. The summed E-state index contributed by atoms with van der Waals surface area (Å²) in [6, 6.07) is 0. The third-order valence-corrected chi connectivity index (χ3v) is 2.72. The van der Waals surface area contributed by atoms with Gasteiger partial charge >= 0.3 is 5.97 Å². The molecule has 1 fully saturated rings. The molecule has 4 nitrogen and oxygen atoms in total. The Hall–Kier alpha value is -0.610. The van der Waals surface area contributed by atoms with E-state index in [0.717, 1.165) is 19.3 Å². The molecule has 4 heteroatoms. The fraction of sp³-hybridized carbons (Fsp3) is 0.900. The molecule has 0 bridgehead atoms. The van der Waals surface area contributed by atoms with Crippen molar-refractivity contribution in [3.8, 4) is 0 Å². The fourth-order valence-corrected chi connectivity index (χ4v) is 1.81. The predicted octanol–water partition coefficient (Wildman–Crippen LogP) is 0.606. The van der Waals surface area contributed by atoms with Gasteiger partial charge in [0.1, 0.15) is 0 Å². The van der Waals surface area contributed by atoms with E-state index in [4.69, 9.17) is 4.74 Å². The number of esters is 1. The SMILES string of the molecule is CCOC(=O)[C@]1(O)CCCCC[C@H]1O. The minimum atomic E-state index is -1.67. The van der Waals surface area contributed by atoms with Gasteiger partial charge in [0.2, 0.25) is 0 Å². The van der Waals surface area contributed by atoms with E-state index >= 15 is 0 Å². The van der Waals surface area contributed by atoms with Gasteiger partial charge in [-0.2, -0.15) is 0 Å². The Kier molecular flexibility index (Phi) is 3.89. The molecule has 0 amide bonds. The van der Waals surface area contributed by atoms with Gasteiger partial charge in [-0.15, -0.1) is 0 Å². The Balaban J connectivity index is 2.71. The maximum Gasteiger partial charge on any atom is 0.340 e. The van der Waals surface area contributed by atoms with E-state index in [-0.39, 0.29) is 6.61 Å². The standard InChI is InChI=1S/C10H18O4/c1-2-14-9(12)10(13)7-5-3-4-6-8(10)11/h8,11,13H,2-7H2,1H3/t8-,10+/m1/s1. The zero-order valence-corrected chi connectivity index (χ0v) is 8.53. The Labute approximate surface area is 83.9 Å². The molecule has 1 rings (SSSR count). The summed E-state index contributed by atoms with van der Waals surface area (Å²) in [7, 11) is 0. The zero-order chi connectivity index (χ0) is 10.6. The second kappa shape index (κ2) is 4.75. The molecule has 1 aliphatic carbocycles. The van der Waals surface area contributed by atoms with Gasteiger partial charge < -0.3 is 14.9 Å².